The van der Waals surface area contributed by atoms with E-state index in [0.717, 1.165) is 15.7 Å². The zero-order chi connectivity index (χ0) is 16.1. The summed E-state index contributed by atoms with van der Waals surface area (Å²) >= 11 is 3.51. The van der Waals surface area contributed by atoms with Crippen molar-refractivity contribution >= 4 is 39.3 Å². The summed E-state index contributed by atoms with van der Waals surface area (Å²) in [6.07, 6.45) is 2.83. The van der Waals surface area contributed by atoms with E-state index < -0.39 is 4.92 Å². The molecule has 0 spiro atoms. The van der Waals surface area contributed by atoms with E-state index in [0.29, 0.717) is 5.82 Å². The smallest absolute Gasteiger partial charge is 0.287 e. The SMILES string of the molecule is CN(C)c1ccc(/C=N/Nc2ccc([N+](=O)[O-])cn2)cc1Br. The van der Waals surface area contributed by atoms with Crippen LogP contribution in [0, 0.1) is 10.1 Å². The summed E-state index contributed by atoms with van der Waals surface area (Å²) in [5.74, 6) is 0.436. The Balaban J connectivity index is 2.03. The number of nitro groups is 1. The number of aromatic nitrogens is 1. The molecular weight excluding hydrogens is 350 g/mol. The highest BCUT2D eigenvalue weighted by Gasteiger charge is 2.04. The van der Waals surface area contributed by atoms with E-state index in [9.17, 15) is 10.1 Å². The summed E-state index contributed by atoms with van der Waals surface area (Å²) in [5.41, 5.74) is 4.65. The third-order valence-corrected chi connectivity index (χ3v) is 3.44. The van der Waals surface area contributed by atoms with Crippen LogP contribution in [0.3, 0.4) is 0 Å². The van der Waals surface area contributed by atoms with Gasteiger partial charge in [0.1, 0.15) is 12.0 Å². The van der Waals surface area contributed by atoms with E-state index >= 15 is 0 Å². The second-order valence-corrected chi connectivity index (χ2v) is 5.49. The van der Waals surface area contributed by atoms with E-state index in [-0.39, 0.29) is 5.69 Å². The van der Waals surface area contributed by atoms with E-state index in [1.807, 2.05) is 37.2 Å². The van der Waals surface area contributed by atoms with Crippen molar-refractivity contribution in [2.24, 2.45) is 5.10 Å². The molecule has 2 rings (SSSR count). The maximum atomic E-state index is 10.5. The number of nitrogens with zero attached hydrogens (tertiary/aromatic N) is 4. The van der Waals surface area contributed by atoms with Gasteiger partial charge in [0.2, 0.25) is 0 Å². The van der Waals surface area contributed by atoms with Gasteiger partial charge in [0, 0.05) is 24.6 Å². The molecule has 8 heteroatoms. The average molecular weight is 364 g/mol. The fourth-order valence-electron chi connectivity index (χ4n) is 1.70. The lowest BCUT2D eigenvalue weighted by atomic mass is 10.2. The van der Waals surface area contributed by atoms with Crippen molar-refractivity contribution < 1.29 is 4.92 Å². The topological polar surface area (TPSA) is 83.7 Å². The fraction of sp³-hybridized carbons (Fsp3) is 0.143. The van der Waals surface area contributed by atoms with Crippen molar-refractivity contribution in [2.45, 2.75) is 0 Å². The van der Waals surface area contributed by atoms with E-state index in [1.165, 1.54) is 18.3 Å². The van der Waals surface area contributed by atoms with Gasteiger partial charge in [-0.3, -0.25) is 15.5 Å². The van der Waals surface area contributed by atoms with Gasteiger partial charge < -0.3 is 4.90 Å². The van der Waals surface area contributed by atoms with Crippen molar-refractivity contribution in [1.82, 2.24) is 4.98 Å². The van der Waals surface area contributed by atoms with Gasteiger partial charge in [-0.15, -0.1) is 0 Å². The number of pyridine rings is 1. The van der Waals surface area contributed by atoms with Crippen LogP contribution in [0.5, 0.6) is 0 Å². The van der Waals surface area contributed by atoms with Crippen LogP contribution in [-0.4, -0.2) is 30.2 Å². The molecule has 22 heavy (non-hydrogen) atoms. The standard InChI is InChI=1S/C14H14BrN5O2/c1-19(2)13-5-3-10(7-12(13)15)8-17-18-14-6-4-11(9-16-14)20(21)22/h3-9H,1-2H3,(H,16,18)/b17-8+. The van der Waals surface area contributed by atoms with Gasteiger partial charge in [-0.1, -0.05) is 6.07 Å². The van der Waals surface area contributed by atoms with Crippen molar-refractivity contribution in [3.8, 4) is 0 Å². The van der Waals surface area contributed by atoms with Gasteiger partial charge in [-0.05, 0) is 39.7 Å². The molecule has 0 bridgehead atoms. The van der Waals surface area contributed by atoms with Crippen LogP contribution in [0.4, 0.5) is 17.2 Å². The zero-order valence-corrected chi connectivity index (χ0v) is 13.6. The molecule has 0 aliphatic rings. The predicted octanol–water partition coefficient (Wildman–Crippen LogP) is 3.26. The lowest BCUT2D eigenvalue weighted by Gasteiger charge is -2.14. The highest BCUT2D eigenvalue weighted by Crippen LogP contribution is 2.25. The first kappa shape index (κ1) is 15.9. The predicted molar refractivity (Wildman–Crippen MR) is 90.6 cm³/mol. The molecule has 114 valence electrons. The highest BCUT2D eigenvalue weighted by molar-refractivity contribution is 9.10. The van der Waals surface area contributed by atoms with E-state index in [2.05, 4.69) is 31.4 Å². The number of nitrogens with one attached hydrogen (secondary N) is 1. The lowest BCUT2D eigenvalue weighted by Crippen LogP contribution is -2.09. The van der Waals surface area contributed by atoms with Gasteiger partial charge in [0.15, 0.2) is 0 Å². The Morgan fingerprint density at radius 2 is 2.14 bits per heavy atom. The van der Waals surface area contributed by atoms with Crippen molar-refractivity contribution in [2.75, 3.05) is 24.4 Å². The first-order valence-corrected chi connectivity index (χ1v) is 7.13. The number of rotatable bonds is 5. The van der Waals surface area contributed by atoms with Gasteiger partial charge in [0.05, 0.1) is 16.8 Å². The van der Waals surface area contributed by atoms with Gasteiger partial charge >= 0.3 is 0 Å². The number of hydrogen-bond acceptors (Lipinski definition) is 6. The molecule has 0 radical (unpaired) electrons. The maximum absolute atomic E-state index is 10.5. The number of hydrogen-bond donors (Lipinski definition) is 1. The van der Waals surface area contributed by atoms with E-state index in [4.69, 9.17) is 0 Å². The fourth-order valence-corrected chi connectivity index (χ4v) is 2.45. The average Bonchev–Trinajstić information content (AvgIpc) is 2.47. The minimum atomic E-state index is -0.496. The Labute approximate surface area is 135 Å². The Morgan fingerprint density at radius 3 is 2.68 bits per heavy atom. The maximum Gasteiger partial charge on any atom is 0.287 e. The van der Waals surface area contributed by atoms with Crippen molar-refractivity contribution in [3.05, 3.63) is 56.7 Å². The van der Waals surface area contributed by atoms with Gasteiger partial charge in [-0.25, -0.2) is 4.98 Å². The Hall–Kier alpha value is -2.48. The third kappa shape index (κ3) is 4.01. The first-order chi connectivity index (χ1) is 10.5. The van der Waals surface area contributed by atoms with Gasteiger partial charge in [-0.2, -0.15) is 5.10 Å². The molecule has 0 saturated heterocycles. The van der Waals surface area contributed by atoms with Crippen molar-refractivity contribution in [3.63, 3.8) is 0 Å². The molecule has 1 aromatic carbocycles. The van der Waals surface area contributed by atoms with Crippen LogP contribution in [-0.2, 0) is 0 Å². The molecule has 0 fully saturated rings. The van der Waals surface area contributed by atoms with Gasteiger partial charge in [0.25, 0.3) is 5.69 Å². The summed E-state index contributed by atoms with van der Waals surface area (Å²) in [7, 11) is 3.94. The van der Waals surface area contributed by atoms with Crippen molar-refractivity contribution in [1.29, 1.82) is 0 Å². The molecule has 0 amide bonds. The van der Waals surface area contributed by atoms with Crippen LogP contribution >= 0.6 is 15.9 Å². The molecular formula is C14H14BrN5O2. The molecule has 0 saturated carbocycles. The molecule has 0 aliphatic carbocycles. The molecule has 0 aliphatic heterocycles. The Kier molecular flexibility index (Phi) is 5.05. The van der Waals surface area contributed by atoms with Crippen LogP contribution < -0.4 is 10.3 Å². The molecule has 0 atom stereocenters. The Morgan fingerprint density at radius 1 is 1.36 bits per heavy atom. The van der Waals surface area contributed by atoms with Crippen LogP contribution in [0.1, 0.15) is 5.56 Å². The summed E-state index contributed by atoms with van der Waals surface area (Å²) in [4.78, 5) is 15.9. The normalized spacial score (nSPS) is 10.7. The molecule has 0 unspecified atom stereocenters. The first-order valence-electron chi connectivity index (χ1n) is 6.34. The van der Waals surface area contributed by atoms with Crippen LogP contribution in [0.2, 0.25) is 0 Å². The molecule has 2 aromatic rings. The number of halogens is 1. The lowest BCUT2D eigenvalue weighted by molar-refractivity contribution is -0.385. The summed E-state index contributed by atoms with van der Waals surface area (Å²) in [6.45, 7) is 0. The molecule has 1 heterocycles. The second kappa shape index (κ2) is 6.99. The Bertz CT molecular complexity index is 701. The quantitative estimate of drug-likeness (QED) is 0.500. The number of benzene rings is 1. The zero-order valence-electron chi connectivity index (χ0n) is 12.0. The number of hydrazone groups is 1. The third-order valence-electron chi connectivity index (χ3n) is 2.80. The highest BCUT2D eigenvalue weighted by atomic mass is 79.9. The molecule has 1 aromatic heterocycles. The van der Waals surface area contributed by atoms with Crippen LogP contribution in [0.15, 0.2) is 46.1 Å². The molecule has 7 nitrogen and oxygen atoms in total. The number of anilines is 2. The summed E-state index contributed by atoms with van der Waals surface area (Å²) in [5, 5.41) is 14.6. The monoisotopic (exact) mass is 363 g/mol. The minimum Gasteiger partial charge on any atom is -0.377 e. The van der Waals surface area contributed by atoms with E-state index in [1.54, 1.807) is 6.21 Å². The second-order valence-electron chi connectivity index (χ2n) is 4.63. The minimum absolute atomic E-state index is 0.0577. The summed E-state index contributed by atoms with van der Waals surface area (Å²) in [6, 6.07) is 8.74. The summed E-state index contributed by atoms with van der Waals surface area (Å²) < 4.78 is 0.968. The largest absolute Gasteiger partial charge is 0.377 e. The molecule has 1 N–H and O–H groups in total. The van der Waals surface area contributed by atoms with Crippen LogP contribution in [0.25, 0.3) is 0 Å².